The van der Waals surface area contributed by atoms with Crippen molar-refractivity contribution >= 4 is 52.0 Å². The first kappa shape index (κ1) is 20.0. The number of nitrogens with one attached hydrogen (secondary N) is 1. The van der Waals surface area contributed by atoms with Crippen molar-refractivity contribution in [1.29, 1.82) is 0 Å². The molecule has 0 aliphatic rings. The van der Waals surface area contributed by atoms with Gasteiger partial charge in [-0.3, -0.25) is 0 Å². The largest absolute Gasteiger partial charge is 0.489 e. The molecule has 0 fully saturated rings. The van der Waals surface area contributed by atoms with E-state index in [2.05, 4.69) is 5.32 Å². The molecule has 3 aromatic carbocycles. The second kappa shape index (κ2) is 9.43. The molecule has 3 rings (SSSR count). The molecule has 0 amide bonds. The number of rotatable bonds is 6. The quantitative estimate of drug-likeness (QED) is 0.435. The zero-order valence-corrected chi connectivity index (χ0v) is 17.3. The molecule has 0 aromatic heterocycles. The van der Waals surface area contributed by atoms with Crippen LogP contribution in [0.5, 0.6) is 5.75 Å². The lowest BCUT2D eigenvalue weighted by Gasteiger charge is -2.11. The summed E-state index contributed by atoms with van der Waals surface area (Å²) in [7, 11) is 0. The van der Waals surface area contributed by atoms with Crippen LogP contribution in [0.25, 0.3) is 0 Å². The predicted molar refractivity (Wildman–Crippen MR) is 117 cm³/mol. The highest BCUT2D eigenvalue weighted by molar-refractivity contribution is 7.80. The molecule has 1 N–H and O–H groups in total. The van der Waals surface area contributed by atoms with Gasteiger partial charge in [0.2, 0.25) is 0 Å². The van der Waals surface area contributed by atoms with Crippen molar-refractivity contribution in [3.8, 4) is 5.75 Å². The van der Waals surface area contributed by atoms with Gasteiger partial charge < -0.3 is 10.1 Å². The SMILES string of the molecule is S=C(NCc1ccc(Cl)cc1)c1cccc(OCc2ccc(Cl)c(Cl)c2)c1. The lowest BCUT2D eigenvalue weighted by molar-refractivity contribution is 0.306. The molecule has 0 heterocycles. The number of hydrogen-bond donors (Lipinski definition) is 1. The van der Waals surface area contributed by atoms with Crippen molar-refractivity contribution in [3.63, 3.8) is 0 Å². The van der Waals surface area contributed by atoms with E-state index in [0.29, 0.717) is 33.2 Å². The number of hydrogen-bond acceptors (Lipinski definition) is 2. The fraction of sp³-hybridized carbons (Fsp3) is 0.0952. The van der Waals surface area contributed by atoms with Gasteiger partial charge in [-0.2, -0.15) is 0 Å². The Morgan fingerprint density at radius 2 is 1.59 bits per heavy atom. The zero-order chi connectivity index (χ0) is 19.2. The minimum Gasteiger partial charge on any atom is -0.489 e. The third kappa shape index (κ3) is 5.85. The monoisotopic (exact) mass is 435 g/mol. The van der Waals surface area contributed by atoms with E-state index in [0.717, 1.165) is 22.4 Å². The molecule has 0 spiro atoms. The van der Waals surface area contributed by atoms with Crippen molar-refractivity contribution in [2.75, 3.05) is 0 Å². The maximum atomic E-state index is 6.04. The molecule has 138 valence electrons. The first-order valence-electron chi connectivity index (χ1n) is 8.21. The minimum absolute atomic E-state index is 0.394. The van der Waals surface area contributed by atoms with Crippen LogP contribution in [-0.4, -0.2) is 4.99 Å². The molecule has 0 saturated heterocycles. The van der Waals surface area contributed by atoms with E-state index in [4.69, 9.17) is 51.8 Å². The Morgan fingerprint density at radius 1 is 0.852 bits per heavy atom. The van der Waals surface area contributed by atoms with Crippen LogP contribution in [0.15, 0.2) is 66.7 Å². The lowest BCUT2D eigenvalue weighted by Crippen LogP contribution is -2.21. The van der Waals surface area contributed by atoms with Crippen LogP contribution in [0, 0.1) is 0 Å². The maximum Gasteiger partial charge on any atom is 0.120 e. The van der Waals surface area contributed by atoms with Crippen molar-refractivity contribution in [2.45, 2.75) is 13.2 Å². The van der Waals surface area contributed by atoms with Crippen LogP contribution < -0.4 is 10.1 Å². The van der Waals surface area contributed by atoms with Gasteiger partial charge in [-0.1, -0.05) is 77.4 Å². The number of ether oxygens (including phenoxy) is 1. The molecule has 2 nitrogen and oxygen atoms in total. The molecule has 6 heteroatoms. The van der Waals surface area contributed by atoms with Crippen molar-refractivity contribution in [2.24, 2.45) is 0 Å². The summed E-state index contributed by atoms with van der Waals surface area (Å²) in [5.41, 5.74) is 2.94. The average molecular weight is 437 g/mol. The first-order valence-corrected chi connectivity index (χ1v) is 9.75. The Morgan fingerprint density at radius 3 is 2.33 bits per heavy atom. The van der Waals surface area contributed by atoms with Gasteiger partial charge in [0.05, 0.1) is 10.0 Å². The summed E-state index contributed by atoms with van der Waals surface area (Å²) >= 11 is 23.4. The molecule has 0 radical (unpaired) electrons. The van der Waals surface area contributed by atoms with Crippen LogP contribution in [0.3, 0.4) is 0 Å². The van der Waals surface area contributed by atoms with E-state index < -0.39 is 0 Å². The Hall–Kier alpha value is -1.78. The Labute approximate surface area is 179 Å². The molecule has 0 unspecified atom stereocenters. The number of benzene rings is 3. The molecule has 0 aliphatic heterocycles. The molecular weight excluding hydrogens is 421 g/mol. The van der Waals surface area contributed by atoms with Gasteiger partial charge >= 0.3 is 0 Å². The average Bonchev–Trinajstić information content (AvgIpc) is 2.68. The summed E-state index contributed by atoms with van der Waals surface area (Å²) in [5, 5.41) is 5.01. The van der Waals surface area contributed by atoms with Crippen LogP contribution in [0.4, 0.5) is 0 Å². The van der Waals surface area contributed by atoms with E-state index in [1.807, 2.05) is 54.6 Å². The summed E-state index contributed by atoms with van der Waals surface area (Å²) < 4.78 is 5.85. The highest BCUT2D eigenvalue weighted by atomic mass is 35.5. The van der Waals surface area contributed by atoms with Gasteiger partial charge in [-0.25, -0.2) is 0 Å². The Kier molecular flexibility index (Phi) is 6.97. The van der Waals surface area contributed by atoms with Gasteiger partial charge in [0.15, 0.2) is 0 Å². The highest BCUT2D eigenvalue weighted by Crippen LogP contribution is 2.23. The first-order chi connectivity index (χ1) is 13.0. The molecule has 27 heavy (non-hydrogen) atoms. The van der Waals surface area contributed by atoms with Gasteiger partial charge in [0.1, 0.15) is 17.3 Å². The fourth-order valence-electron chi connectivity index (χ4n) is 2.41. The van der Waals surface area contributed by atoms with E-state index in [1.165, 1.54) is 0 Å². The van der Waals surface area contributed by atoms with Crippen LogP contribution in [0.2, 0.25) is 15.1 Å². The smallest absolute Gasteiger partial charge is 0.120 e. The van der Waals surface area contributed by atoms with E-state index in [9.17, 15) is 0 Å². The Bertz CT molecular complexity index is 944. The maximum absolute atomic E-state index is 6.04. The van der Waals surface area contributed by atoms with Gasteiger partial charge in [0.25, 0.3) is 0 Å². The molecule has 3 aromatic rings. The molecule has 0 aliphatic carbocycles. The topological polar surface area (TPSA) is 21.3 Å². The molecular formula is C21H16Cl3NOS. The van der Waals surface area contributed by atoms with Gasteiger partial charge in [-0.15, -0.1) is 0 Å². The molecule has 0 atom stereocenters. The van der Waals surface area contributed by atoms with Gasteiger partial charge in [0, 0.05) is 17.1 Å². The second-order valence-electron chi connectivity index (χ2n) is 5.87. The lowest BCUT2D eigenvalue weighted by atomic mass is 10.2. The van der Waals surface area contributed by atoms with Crippen molar-refractivity contribution in [1.82, 2.24) is 5.32 Å². The van der Waals surface area contributed by atoms with Crippen LogP contribution >= 0.6 is 47.0 Å². The summed E-state index contributed by atoms with van der Waals surface area (Å²) in [6.45, 7) is 1.02. The fourth-order valence-corrected chi connectivity index (χ4v) is 3.06. The van der Waals surface area contributed by atoms with E-state index in [1.54, 1.807) is 12.1 Å². The standard InChI is InChI=1S/C21H16Cl3NOS/c22-17-7-4-14(5-8-17)12-25-21(27)16-2-1-3-18(11-16)26-13-15-6-9-19(23)20(24)10-15/h1-11H,12-13H2,(H,25,27). The summed E-state index contributed by atoms with van der Waals surface area (Å²) in [4.78, 5) is 0.657. The molecule has 0 saturated carbocycles. The molecule has 0 bridgehead atoms. The second-order valence-corrected chi connectivity index (χ2v) is 7.53. The third-order valence-corrected chi connectivity index (χ3v) is 5.22. The highest BCUT2D eigenvalue weighted by Gasteiger charge is 2.05. The van der Waals surface area contributed by atoms with E-state index in [-0.39, 0.29) is 0 Å². The zero-order valence-electron chi connectivity index (χ0n) is 14.2. The summed E-state index contributed by atoms with van der Waals surface area (Å²) in [5.74, 6) is 0.731. The summed E-state index contributed by atoms with van der Waals surface area (Å²) in [6, 6.07) is 20.8. The van der Waals surface area contributed by atoms with Gasteiger partial charge in [-0.05, 0) is 47.5 Å². The van der Waals surface area contributed by atoms with Crippen molar-refractivity contribution < 1.29 is 4.74 Å². The number of halogens is 3. The van der Waals surface area contributed by atoms with Crippen LogP contribution in [0.1, 0.15) is 16.7 Å². The third-order valence-electron chi connectivity index (χ3n) is 3.85. The Balaban J connectivity index is 1.59. The van der Waals surface area contributed by atoms with E-state index >= 15 is 0 Å². The van der Waals surface area contributed by atoms with Crippen LogP contribution in [-0.2, 0) is 13.2 Å². The van der Waals surface area contributed by atoms with Crippen molar-refractivity contribution in [3.05, 3.63) is 98.5 Å². The normalized spacial score (nSPS) is 10.5. The predicted octanol–water partition coefficient (Wildman–Crippen LogP) is 6.69. The summed E-state index contributed by atoms with van der Waals surface area (Å²) in [6.07, 6.45) is 0. The minimum atomic E-state index is 0.394. The number of thiocarbonyl (C=S) groups is 1.